The summed E-state index contributed by atoms with van der Waals surface area (Å²) in [6.07, 6.45) is 5.40. The number of ketones is 1. The van der Waals surface area contributed by atoms with Crippen LogP contribution in [0.25, 0.3) is 0 Å². The number of aliphatic carboxylic acids is 2. The lowest BCUT2D eigenvalue weighted by Crippen LogP contribution is -2.53. The number of carboxylic acid groups (broad SMARTS) is 2. The topological polar surface area (TPSA) is 160 Å². The van der Waals surface area contributed by atoms with Crippen molar-refractivity contribution in [3.63, 3.8) is 0 Å². The van der Waals surface area contributed by atoms with Gasteiger partial charge in [-0.25, -0.2) is 0 Å². The van der Waals surface area contributed by atoms with Gasteiger partial charge in [-0.1, -0.05) is 0 Å². The summed E-state index contributed by atoms with van der Waals surface area (Å²) in [6.45, 7) is 5.69. The van der Waals surface area contributed by atoms with E-state index in [1.54, 1.807) is 16.7 Å². The van der Waals surface area contributed by atoms with Gasteiger partial charge in [0, 0.05) is 58.8 Å². The van der Waals surface area contributed by atoms with Crippen LogP contribution in [-0.4, -0.2) is 151 Å². The fourth-order valence-electron chi connectivity index (χ4n) is 3.86. The minimum atomic E-state index is -1.01. The molecule has 1 aliphatic heterocycles. The standard InChI is InChI=1S/C24H39N5O8/c1-4-5-14-37-23(35)15-25-24(36)20(3)29-12-10-26(16-19(2)30)6-7-27(17-21(31)32)8-9-28(11-13-29)18-22(33)34/h1,20H,5-18H2,2-3H3,(H,25,36)(H,31,32)(H,33,34). The van der Waals surface area contributed by atoms with E-state index in [0.717, 1.165) is 0 Å². The Morgan fingerprint density at radius 1 is 0.865 bits per heavy atom. The van der Waals surface area contributed by atoms with Gasteiger partial charge in [0.15, 0.2) is 0 Å². The van der Waals surface area contributed by atoms with Gasteiger partial charge in [-0.2, -0.15) is 0 Å². The average Bonchev–Trinajstić information content (AvgIpc) is 2.81. The van der Waals surface area contributed by atoms with Crippen LogP contribution in [0.3, 0.4) is 0 Å². The van der Waals surface area contributed by atoms with E-state index in [4.69, 9.17) is 11.2 Å². The van der Waals surface area contributed by atoms with Crippen LogP contribution in [-0.2, 0) is 28.7 Å². The van der Waals surface area contributed by atoms with Crippen molar-refractivity contribution in [3.05, 3.63) is 0 Å². The van der Waals surface area contributed by atoms with E-state index < -0.39 is 29.9 Å². The first-order chi connectivity index (χ1) is 17.5. The first-order valence-electron chi connectivity index (χ1n) is 12.2. The van der Waals surface area contributed by atoms with Gasteiger partial charge in [0.1, 0.15) is 18.9 Å². The highest BCUT2D eigenvalue weighted by Gasteiger charge is 2.25. The van der Waals surface area contributed by atoms with E-state index in [-0.39, 0.29) is 45.0 Å². The van der Waals surface area contributed by atoms with Crippen molar-refractivity contribution < 1.29 is 38.9 Å². The van der Waals surface area contributed by atoms with Gasteiger partial charge in [-0.05, 0) is 13.8 Å². The maximum Gasteiger partial charge on any atom is 0.325 e. The molecule has 208 valence electrons. The van der Waals surface area contributed by atoms with Gasteiger partial charge in [0.2, 0.25) is 5.91 Å². The Morgan fingerprint density at radius 3 is 1.76 bits per heavy atom. The first-order valence-corrected chi connectivity index (χ1v) is 12.2. The fourth-order valence-corrected chi connectivity index (χ4v) is 3.86. The second-order valence-electron chi connectivity index (χ2n) is 8.92. The second kappa shape index (κ2) is 17.4. The monoisotopic (exact) mass is 525 g/mol. The van der Waals surface area contributed by atoms with Gasteiger partial charge >= 0.3 is 17.9 Å². The van der Waals surface area contributed by atoms with Crippen molar-refractivity contribution in [1.29, 1.82) is 0 Å². The SMILES string of the molecule is C#CCCOC(=O)CNC(=O)C(C)N1CCN(CC(C)=O)CCN(CC(=O)O)CCN(CC(=O)O)CC1. The number of amides is 1. The van der Waals surface area contributed by atoms with E-state index in [2.05, 4.69) is 11.2 Å². The van der Waals surface area contributed by atoms with Crippen molar-refractivity contribution in [3.8, 4) is 12.3 Å². The third-order valence-corrected chi connectivity index (χ3v) is 5.88. The number of nitrogens with one attached hydrogen (secondary N) is 1. The molecule has 0 aliphatic carbocycles. The molecule has 13 heteroatoms. The van der Waals surface area contributed by atoms with Crippen molar-refractivity contribution in [2.24, 2.45) is 0 Å². The Kier molecular flexibility index (Phi) is 15.1. The molecular weight excluding hydrogens is 486 g/mol. The van der Waals surface area contributed by atoms with Crippen LogP contribution in [0.5, 0.6) is 0 Å². The van der Waals surface area contributed by atoms with E-state index >= 15 is 0 Å². The van der Waals surface area contributed by atoms with Gasteiger partial charge in [-0.15, -0.1) is 12.3 Å². The zero-order valence-electron chi connectivity index (χ0n) is 21.7. The lowest BCUT2D eigenvalue weighted by Gasteiger charge is -2.35. The van der Waals surface area contributed by atoms with Crippen LogP contribution in [0.4, 0.5) is 0 Å². The Bertz CT molecular complexity index is 798. The number of Topliss-reactive ketones (excluding diaryl/α,β-unsaturated/α-hetero) is 1. The summed E-state index contributed by atoms with van der Waals surface area (Å²) < 4.78 is 4.93. The number of esters is 1. The molecule has 1 rings (SSSR count). The highest BCUT2D eigenvalue weighted by atomic mass is 16.5. The Morgan fingerprint density at radius 2 is 1.32 bits per heavy atom. The summed E-state index contributed by atoms with van der Waals surface area (Å²) in [5.41, 5.74) is 0. The Labute approximate surface area is 217 Å². The molecule has 0 spiro atoms. The molecule has 1 unspecified atom stereocenters. The number of rotatable bonds is 12. The van der Waals surface area contributed by atoms with Crippen LogP contribution in [0.15, 0.2) is 0 Å². The van der Waals surface area contributed by atoms with Crippen LogP contribution >= 0.6 is 0 Å². The predicted octanol–water partition coefficient (Wildman–Crippen LogP) is -1.96. The van der Waals surface area contributed by atoms with Crippen LogP contribution in [0.2, 0.25) is 0 Å². The van der Waals surface area contributed by atoms with Crippen molar-refractivity contribution in [1.82, 2.24) is 24.9 Å². The molecule has 0 radical (unpaired) electrons. The van der Waals surface area contributed by atoms with Crippen LogP contribution < -0.4 is 5.32 Å². The number of hydrogen-bond donors (Lipinski definition) is 3. The Balaban J connectivity index is 2.95. The molecule has 1 fully saturated rings. The van der Waals surface area contributed by atoms with Crippen molar-refractivity contribution in [2.75, 3.05) is 85.1 Å². The summed E-state index contributed by atoms with van der Waals surface area (Å²) in [5.74, 6) is -0.671. The van der Waals surface area contributed by atoms with Gasteiger partial charge in [0.25, 0.3) is 0 Å². The molecule has 1 heterocycles. The molecule has 0 aromatic carbocycles. The number of carbonyl (C=O) groups excluding carboxylic acids is 3. The summed E-state index contributed by atoms with van der Waals surface area (Å²) in [7, 11) is 0. The summed E-state index contributed by atoms with van der Waals surface area (Å²) in [6, 6.07) is -0.643. The maximum absolute atomic E-state index is 12.8. The zero-order valence-corrected chi connectivity index (χ0v) is 21.7. The highest BCUT2D eigenvalue weighted by Crippen LogP contribution is 2.05. The lowest BCUT2D eigenvalue weighted by molar-refractivity contribution is -0.144. The molecule has 0 bridgehead atoms. The quantitative estimate of drug-likeness (QED) is 0.147. The average molecular weight is 526 g/mol. The van der Waals surface area contributed by atoms with Crippen LogP contribution in [0, 0.1) is 12.3 Å². The van der Waals surface area contributed by atoms with Gasteiger partial charge in [-0.3, -0.25) is 43.6 Å². The number of carboxylic acids is 2. The molecule has 37 heavy (non-hydrogen) atoms. The highest BCUT2D eigenvalue weighted by molar-refractivity contribution is 5.85. The summed E-state index contributed by atoms with van der Waals surface area (Å²) >= 11 is 0. The van der Waals surface area contributed by atoms with E-state index in [9.17, 15) is 34.2 Å². The smallest absolute Gasteiger partial charge is 0.325 e. The summed E-state index contributed by atoms with van der Waals surface area (Å²) in [4.78, 5) is 66.3. The molecule has 1 atom stereocenters. The molecule has 0 saturated carbocycles. The minimum Gasteiger partial charge on any atom is -0.480 e. The first kappa shape index (κ1) is 32.0. The van der Waals surface area contributed by atoms with Gasteiger partial charge in [0.05, 0.1) is 25.7 Å². The molecular formula is C24H39N5O8. The van der Waals surface area contributed by atoms with Crippen molar-refractivity contribution >= 4 is 29.6 Å². The third kappa shape index (κ3) is 14.3. The van der Waals surface area contributed by atoms with E-state index in [0.29, 0.717) is 52.4 Å². The molecule has 13 nitrogen and oxygen atoms in total. The summed E-state index contributed by atoms with van der Waals surface area (Å²) in [5, 5.41) is 21.1. The van der Waals surface area contributed by atoms with Crippen molar-refractivity contribution in [2.45, 2.75) is 26.3 Å². The maximum atomic E-state index is 12.8. The predicted molar refractivity (Wildman–Crippen MR) is 134 cm³/mol. The minimum absolute atomic E-state index is 0.0369. The van der Waals surface area contributed by atoms with E-state index in [1.165, 1.54) is 6.92 Å². The molecule has 1 aliphatic rings. The normalized spacial score (nSPS) is 18.0. The third-order valence-electron chi connectivity index (χ3n) is 5.88. The molecule has 0 aromatic rings. The number of ether oxygens (including phenoxy) is 1. The number of carbonyl (C=O) groups is 5. The van der Waals surface area contributed by atoms with Gasteiger partial charge < -0.3 is 20.3 Å². The lowest BCUT2D eigenvalue weighted by atomic mass is 10.2. The molecule has 1 saturated heterocycles. The molecule has 1 amide bonds. The van der Waals surface area contributed by atoms with Crippen LogP contribution in [0.1, 0.15) is 20.3 Å². The number of hydrogen-bond acceptors (Lipinski definition) is 10. The Hall–Kier alpha value is -3.05. The largest absolute Gasteiger partial charge is 0.480 e. The molecule has 0 aromatic heterocycles. The fraction of sp³-hybridized carbons (Fsp3) is 0.708. The zero-order chi connectivity index (χ0) is 27.8. The number of nitrogens with zero attached hydrogens (tertiary/aromatic N) is 4. The second-order valence-corrected chi connectivity index (χ2v) is 8.92. The molecule has 3 N–H and O–H groups in total. The van der Waals surface area contributed by atoms with E-state index in [1.807, 2.05) is 9.80 Å². The number of terminal acetylenes is 1.